The van der Waals surface area contributed by atoms with E-state index in [0.29, 0.717) is 0 Å². The molecule has 1 aromatic carbocycles. The minimum atomic E-state index is 0.722. The third-order valence-electron chi connectivity index (χ3n) is 4.59. The largest absolute Gasteiger partial charge is 0.470 e. The van der Waals surface area contributed by atoms with Crippen molar-refractivity contribution in [3.05, 3.63) is 54.6 Å². The van der Waals surface area contributed by atoms with E-state index in [9.17, 15) is 4.79 Å². The Morgan fingerprint density at radius 2 is 2.21 bits per heavy atom. The average Bonchev–Trinajstić information content (AvgIpc) is 3.26. The Morgan fingerprint density at radius 3 is 2.92 bits per heavy atom. The van der Waals surface area contributed by atoms with Crippen molar-refractivity contribution in [3.63, 3.8) is 0 Å². The first kappa shape index (κ1) is 14.8. The molecule has 3 aromatic rings. The van der Waals surface area contributed by atoms with Crippen LogP contribution in [0.2, 0.25) is 0 Å². The van der Waals surface area contributed by atoms with E-state index in [1.54, 1.807) is 23.5 Å². The van der Waals surface area contributed by atoms with Crippen molar-refractivity contribution in [2.75, 3.05) is 25.0 Å². The van der Waals surface area contributed by atoms with E-state index in [-0.39, 0.29) is 0 Å². The van der Waals surface area contributed by atoms with Gasteiger partial charge in [0.15, 0.2) is 0 Å². The summed E-state index contributed by atoms with van der Waals surface area (Å²) in [5, 5.41) is 1.14. The summed E-state index contributed by atoms with van der Waals surface area (Å²) in [6, 6.07) is 7.78. The minimum absolute atomic E-state index is 0.722. The first-order valence-electron chi connectivity index (χ1n) is 8.02. The summed E-state index contributed by atoms with van der Waals surface area (Å²) in [6.45, 7) is 2.03. The number of benzene rings is 1. The molecular weight excluding hydrogens is 302 g/mol. The summed E-state index contributed by atoms with van der Waals surface area (Å²) in [5.74, 6) is 0. The zero-order valence-corrected chi connectivity index (χ0v) is 13.5. The van der Waals surface area contributed by atoms with Crippen molar-refractivity contribution in [2.24, 2.45) is 0 Å². The molecule has 1 N–H and O–H groups in total. The maximum absolute atomic E-state index is 11.6. The van der Waals surface area contributed by atoms with Crippen molar-refractivity contribution in [1.82, 2.24) is 9.88 Å². The Kier molecular flexibility index (Phi) is 3.70. The van der Waals surface area contributed by atoms with Crippen LogP contribution in [0, 0.1) is 0 Å². The van der Waals surface area contributed by atoms with E-state index in [1.165, 1.54) is 11.1 Å². The number of furan rings is 1. The van der Waals surface area contributed by atoms with Gasteiger partial charge in [0, 0.05) is 47.5 Å². The van der Waals surface area contributed by atoms with E-state index >= 15 is 0 Å². The number of nitrogens with zero attached hydrogens (tertiary/aromatic N) is 2. The van der Waals surface area contributed by atoms with Crippen molar-refractivity contribution in [1.29, 1.82) is 0 Å². The number of nitrogens with one attached hydrogen (secondary N) is 1. The van der Waals surface area contributed by atoms with Crippen LogP contribution < -0.4 is 4.90 Å². The van der Waals surface area contributed by atoms with Gasteiger partial charge in [-0.2, -0.15) is 0 Å². The van der Waals surface area contributed by atoms with Crippen molar-refractivity contribution in [3.8, 4) is 0 Å². The number of rotatable bonds is 4. The first-order valence-corrected chi connectivity index (χ1v) is 8.02. The molecule has 24 heavy (non-hydrogen) atoms. The van der Waals surface area contributed by atoms with Gasteiger partial charge in [0.1, 0.15) is 6.26 Å². The smallest absolute Gasteiger partial charge is 0.218 e. The topological polar surface area (TPSA) is 52.5 Å². The highest BCUT2D eigenvalue weighted by molar-refractivity contribution is 5.97. The second kappa shape index (κ2) is 6.02. The Bertz CT molecular complexity index is 893. The highest BCUT2D eigenvalue weighted by Crippen LogP contribution is 2.33. The van der Waals surface area contributed by atoms with Gasteiger partial charge in [-0.25, -0.2) is 0 Å². The van der Waals surface area contributed by atoms with Gasteiger partial charge in [0.25, 0.3) is 0 Å². The van der Waals surface area contributed by atoms with Gasteiger partial charge >= 0.3 is 0 Å². The van der Waals surface area contributed by atoms with Gasteiger partial charge in [0.2, 0.25) is 6.41 Å². The molecular formula is C19H19N3O2. The number of carbonyl (C=O) groups excluding carboxylic acids is 1. The number of H-pyrrole nitrogens is 1. The molecule has 3 heterocycles. The van der Waals surface area contributed by atoms with E-state index in [2.05, 4.69) is 35.3 Å². The molecule has 0 aliphatic carbocycles. The van der Waals surface area contributed by atoms with Gasteiger partial charge in [-0.3, -0.25) is 9.69 Å². The predicted molar refractivity (Wildman–Crippen MR) is 95.3 cm³/mol. The quantitative estimate of drug-likeness (QED) is 0.744. The summed E-state index contributed by atoms with van der Waals surface area (Å²) in [6.07, 6.45) is 9.33. The van der Waals surface area contributed by atoms with E-state index < -0.39 is 0 Å². The van der Waals surface area contributed by atoms with Crippen LogP contribution in [0.4, 0.5) is 11.4 Å². The lowest BCUT2D eigenvalue weighted by molar-refractivity contribution is -0.106. The second-order valence-electron chi connectivity index (χ2n) is 6.13. The summed E-state index contributed by atoms with van der Waals surface area (Å²) < 4.78 is 5.10. The molecule has 0 unspecified atom stereocenters. The summed E-state index contributed by atoms with van der Waals surface area (Å²) in [5.41, 5.74) is 5.20. The number of aromatic amines is 1. The van der Waals surface area contributed by atoms with E-state index in [4.69, 9.17) is 4.42 Å². The molecule has 0 atom stereocenters. The van der Waals surface area contributed by atoms with Crippen molar-refractivity contribution in [2.45, 2.75) is 6.42 Å². The van der Waals surface area contributed by atoms with Gasteiger partial charge in [0.05, 0.1) is 12.0 Å². The molecule has 2 aromatic heterocycles. The standard InChI is InChI=1S/C19H19N3O2/c1-21-7-4-14(5-8-21)18-11-20-19-3-2-15(10-17(18)19)22(13-23)16-6-9-24-12-16/h2-4,6,9-13,20H,5,7-8H2,1H3. The van der Waals surface area contributed by atoms with Crippen molar-refractivity contribution < 1.29 is 9.21 Å². The van der Waals surface area contributed by atoms with Gasteiger partial charge in [-0.05, 0) is 37.2 Å². The van der Waals surface area contributed by atoms with Crippen LogP contribution in [0.25, 0.3) is 16.5 Å². The fourth-order valence-corrected chi connectivity index (χ4v) is 3.20. The number of hydrogen-bond donors (Lipinski definition) is 1. The van der Waals surface area contributed by atoms with Crippen molar-refractivity contribution >= 4 is 34.3 Å². The number of hydrogen-bond acceptors (Lipinski definition) is 3. The minimum Gasteiger partial charge on any atom is -0.470 e. The van der Waals surface area contributed by atoms with E-state index in [1.807, 2.05) is 12.1 Å². The normalized spacial score (nSPS) is 15.5. The number of likely N-dealkylation sites (N-methyl/N-ethyl adjacent to an activating group) is 1. The monoisotopic (exact) mass is 321 g/mol. The van der Waals surface area contributed by atoms with E-state index in [0.717, 1.165) is 48.2 Å². The summed E-state index contributed by atoms with van der Waals surface area (Å²) in [7, 11) is 2.13. The number of carbonyl (C=O) groups is 1. The van der Waals surface area contributed by atoms with Crippen LogP contribution in [0.3, 0.4) is 0 Å². The summed E-state index contributed by atoms with van der Waals surface area (Å²) in [4.78, 5) is 18.8. The molecule has 4 rings (SSSR count). The van der Waals surface area contributed by atoms with Gasteiger partial charge in [-0.1, -0.05) is 6.08 Å². The lowest BCUT2D eigenvalue weighted by atomic mass is 9.99. The number of amides is 1. The molecule has 0 bridgehead atoms. The molecule has 0 radical (unpaired) electrons. The summed E-state index contributed by atoms with van der Waals surface area (Å²) >= 11 is 0. The van der Waals surface area contributed by atoms with Gasteiger partial charge < -0.3 is 14.3 Å². The maximum atomic E-state index is 11.6. The van der Waals surface area contributed by atoms with Crippen LogP contribution in [0.1, 0.15) is 12.0 Å². The molecule has 0 spiro atoms. The zero-order chi connectivity index (χ0) is 16.5. The number of aromatic nitrogens is 1. The van der Waals surface area contributed by atoms with Crippen LogP contribution >= 0.6 is 0 Å². The van der Waals surface area contributed by atoms with Crippen LogP contribution in [0.15, 0.2) is 53.5 Å². The number of anilines is 2. The molecule has 5 nitrogen and oxygen atoms in total. The fraction of sp³-hybridized carbons (Fsp3) is 0.211. The SMILES string of the molecule is CN1CC=C(c2c[nH]c3ccc(N(C=O)c4ccoc4)cc23)CC1. The third kappa shape index (κ3) is 2.53. The van der Waals surface area contributed by atoms with Crippen LogP contribution in [-0.4, -0.2) is 36.4 Å². The highest BCUT2D eigenvalue weighted by Gasteiger charge is 2.16. The molecule has 0 fully saturated rings. The lowest BCUT2D eigenvalue weighted by Gasteiger charge is -2.22. The highest BCUT2D eigenvalue weighted by atomic mass is 16.3. The Balaban J connectivity index is 1.77. The third-order valence-corrected chi connectivity index (χ3v) is 4.59. The van der Waals surface area contributed by atoms with Crippen LogP contribution in [-0.2, 0) is 4.79 Å². The average molecular weight is 321 g/mol. The van der Waals surface area contributed by atoms with Crippen LogP contribution in [0.5, 0.6) is 0 Å². The first-order chi connectivity index (χ1) is 11.8. The molecule has 0 saturated heterocycles. The molecule has 1 amide bonds. The van der Waals surface area contributed by atoms with Gasteiger partial charge in [-0.15, -0.1) is 0 Å². The predicted octanol–water partition coefficient (Wildman–Crippen LogP) is 3.77. The Morgan fingerprint density at radius 1 is 1.29 bits per heavy atom. The Hall–Kier alpha value is -2.79. The molecule has 1 aliphatic heterocycles. The second-order valence-corrected chi connectivity index (χ2v) is 6.13. The fourth-order valence-electron chi connectivity index (χ4n) is 3.20. The molecule has 0 saturated carbocycles. The molecule has 5 heteroatoms. The maximum Gasteiger partial charge on any atom is 0.218 e. The molecule has 122 valence electrons. The number of fused-ring (bicyclic) bond motifs is 1. The molecule has 1 aliphatic rings. The lowest BCUT2D eigenvalue weighted by Crippen LogP contribution is -2.23. The zero-order valence-electron chi connectivity index (χ0n) is 13.5. The Labute approximate surface area is 140 Å².